The molecule has 0 unspecified atom stereocenters. The number of aryl methyl sites for hydroxylation is 1. The monoisotopic (exact) mass is 450 g/mol. The molecule has 0 aliphatic carbocycles. The maximum atomic E-state index is 13.1. The number of halogens is 1. The Balaban J connectivity index is 1.62. The van der Waals surface area contributed by atoms with E-state index in [0.717, 1.165) is 40.9 Å². The number of β-amino-alcohol motifs (C(OH)–C–C–N with tert-alkyl or cyclic N) is 1. The Hall–Kier alpha value is -2.93. The van der Waals surface area contributed by atoms with Gasteiger partial charge in [0.25, 0.3) is 5.91 Å². The molecule has 1 aromatic heterocycles. The van der Waals surface area contributed by atoms with E-state index >= 15 is 0 Å². The van der Waals surface area contributed by atoms with Crippen molar-refractivity contribution < 1.29 is 9.90 Å². The second kappa shape index (κ2) is 9.28. The number of nitrogens with two attached hydrogens (primary N) is 1. The first-order valence-corrected chi connectivity index (χ1v) is 11.0. The predicted octanol–water partition coefficient (Wildman–Crippen LogP) is 4.20. The summed E-state index contributed by atoms with van der Waals surface area (Å²) < 4.78 is 0. The van der Waals surface area contributed by atoms with Crippen molar-refractivity contribution in [2.24, 2.45) is 0 Å². The molecule has 0 fully saturated rings. The quantitative estimate of drug-likeness (QED) is 0.506. The average molecular weight is 451 g/mol. The summed E-state index contributed by atoms with van der Waals surface area (Å²) >= 11 is 6.69. The van der Waals surface area contributed by atoms with Crippen molar-refractivity contribution >= 4 is 28.9 Å². The van der Waals surface area contributed by atoms with Crippen molar-refractivity contribution in [2.45, 2.75) is 26.8 Å². The van der Waals surface area contributed by atoms with Gasteiger partial charge in [0, 0.05) is 30.9 Å². The Bertz CT molecular complexity index is 1180. The predicted molar refractivity (Wildman–Crippen MR) is 129 cm³/mol. The maximum Gasteiger partial charge on any atom is 0.274 e. The van der Waals surface area contributed by atoms with E-state index in [2.05, 4.69) is 15.2 Å². The number of nitrogens with zero attached hydrogens (tertiary/aromatic N) is 2. The lowest BCUT2D eigenvalue weighted by Crippen LogP contribution is -2.34. The third-order valence-electron chi connectivity index (χ3n) is 6.05. The lowest BCUT2D eigenvalue weighted by atomic mass is 9.98. The van der Waals surface area contributed by atoms with E-state index in [1.54, 1.807) is 6.07 Å². The first-order chi connectivity index (χ1) is 15.4. The van der Waals surface area contributed by atoms with Crippen molar-refractivity contribution in [3.05, 3.63) is 75.6 Å². The molecule has 0 radical (unpaired) electrons. The number of carbonyl (C=O) groups is 1. The van der Waals surface area contributed by atoms with Crippen LogP contribution in [0.5, 0.6) is 0 Å². The first-order valence-electron chi connectivity index (χ1n) is 10.7. The number of aromatic nitrogens is 1. The van der Waals surface area contributed by atoms with Gasteiger partial charge in [-0.1, -0.05) is 35.9 Å². The normalized spacial score (nSPS) is 13.6. The minimum Gasteiger partial charge on any atom is -0.398 e. The SMILES string of the molecule is Cc1cc(C(=O)Nc2cccc(-c3cccc(N)c3C)c2Cl)nc2c1CCN(CCO)C2. The zero-order valence-electron chi connectivity index (χ0n) is 18.3. The second-order valence-electron chi connectivity index (χ2n) is 8.14. The largest absolute Gasteiger partial charge is 0.398 e. The molecule has 2 heterocycles. The first kappa shape index (κ1) is 22.3. The number of aliphatic hydroxyl groups is 1. The van der Waals surface area contributed by atoms with Crippen molar-refractivity contribution in [3.8, 4) is 11.1 Å². The van der Waals surface area contributed by atoms with Crippen LogP contribution in [-0.2, 0) is 13.0 Å². The number of hydrogen-bond acceptors (Lipinski definition) is 5. The third-order valence-corrected chi connectivity index (χ3v) is 6.45. The van der Waals surface area contributed by atoms with E-state index in [0.29, 0.717) is 35.2 Å². The molecule has 7 heteroatoms. The van der Waals surface area contributed by atoms with Crippen LogP contribution in [-0.4, -0.2) is 40.6 Å². The summed E-state index contributed by atoms with van der Waals surface area (Å²) in [5.41, 5.74) is 13.4. The average Bonchev–Trinajstić information content (AvgIpc) is 2.77. The van der Waals surface area contributed by atoms with Gasteiger partial charge in [0.15, 0.2) is 0 Å². The zero-order chi connectivity index (χ0) is 22.8. The number of benzene rings is 2. The van der Waals surface area contributed by atoms with E-state index < -0.39 is 0 Å². The molecule has 32 heavy (non-hydrogen) atoms. The van der Waals surface area contributed by atoms with Gasteiger partial charge in [0.2, 0.25) is 0 Å². The summed E-state index contributed by atoms with van der Waals surface area (Å²) in [5.74, 6) is -0.307. The van der Waals surface area contributed by atoms with Gasteiger partial charge in [-0.25, -0.2) is 4.98 Å². The van der Waals surface area contributed by atoms with Crippen LogP contribution >= 0.6 is 11.6 Å². The number of anilines is 2. The van der Waals surface area contributed by atoms with Gasteiger partial charge in [0.1, 0.15) is 5.69 Å². The van der Waals surface area contributed by atoms with Crippen molar-refractivity contribution in [2.75, 3.05) is 30.7 Å². The molecule has 1 aliphatic rings. The summed E-state index contributed by atoms with van der Waals surface area (Å²) in [5, 5.41) is 12.6. The van der Waals surface area contributed by atoms with Crippen LogP contribution in [0.25, 0.3) is 11.1 Å². The third kappa shape index (κ3) is 4.35. The molecule has 4 N–H and O–H groups in total. The number of aliphatic hydroxyl groups excluding tert-OH is 1. The highest BCUT2D eigenvalue weighted by atomic mass is 35.5. The topological polar surface area (TPSA) is 91.5 Å². The molecule has 3 aromatic rings. The van der Waals surface area contributed by atoms with E-state index in [1.807, 2.05) is 50.2 Å². The number of hydrogen-bond donors (Lipinski definition) is 3. The Labute approximate surface area is 193 Å². The molecule has 6 nitrogen and oxygen atoms in total. The molecule has 1 amide bonds. The van der Waals surface area contributed by atoms with Crippen LogP contribution in [0, 0.1) is 13.8 Å². The summed E-state index contributed by atoms with van der Waals surface area (Å²) in [6.07, 6.45) is 0.865. The molecule has 4 rings (SSSR count). The van der Waals surface area contributed by atoms with E-state index in [9.17, 15) is 9.90 Å². The van der Waals surface area contributed by atoms with Gasteiger partial charge in [-0.2, -0.15) is 0 Å². The number of carbonyl (C=O) groups excluding carboxylic acids is 1. The molecule has 166 valence electrons. The molecule has 0 saturated heterocycles. The minimum absolute atomic E-state index is 0.107. The Morgan fingerprint density at radius 3 is 2.75 bits per heavy atom. The highest BCUT2D eigenvalue weighted by molar-refractivity contribution is 6.36. The fraction of sp³-hybridized carbons (Fsp3) is 0.280. The standard InChI is InChI=1S/C25H27ClN4O2/c1-15-13-22(28-23-14-30(11-12-31)10-9-17(15)23)25(32)29-21-8-4-6-19(24(21)26)18-5-3-7-20(27)16(18)2/h3-8,13,31H,9-12,14,27H2,1-2H3,(H,29,32). The van der Waals surface area contributed by atoms with Gasteiger partial charge < -0.3 is 16.2 Å². The van der Waals surface area contributed by atoms with Crippen LogP contribution in [0.4, 0.5) is 11.4 Å². The van der Waals surface area contributed by atoms with E-state index in [4.69, 9.17) is 17.3 Å². The number of fused-ring (bicyclic) bond motifs is 1. The smallest absolute Gasteiger partial charge is 0.274 e. The zero-order valence-corrected chi connectivity index (χ0v) is 19.0. The number of rotatable bonds is 5. The van der Waals surface area contributed by atoms with Crippen LogP contribution in [0.15, 0.2) is 42.5 Å². The van der Waals surface area contributed by atoms with Crippen molar-refractivity contribution in [3.63, 3.8) is 0 Å². The molecular formula is C25H27ClN4O2. The van der Waals surface area contributed by atoms with Crippen molar-refractivity contribution in [1.29, 1.82) is 0 Å². The fourth-order valence-electron chi connectivity index (χ4n) is 4.21. The van der Waals surface area contributed by atoms with Gasteiger partial charge >= 0.3 is 0 Å². The fourth-order valence-corrected chi connectivity index (χ4v) is 4.49. The highest BCUT2D eigenvalue weighted by Gasteiger charge is 2.22. The van der Waals surface area contributed by atoms with E-state index in [1.165, 1.54) is 5.56 Å². The summed E-state index contributed by atoms with van der Waals surface area (Å²) in [4.78, 5) is 19.9. The molecule has 2 aromatic carbocycles. The van der Waals surface area contributed by atoms with Crippen LogP contribution in [0.3, 0.4) is 0 Å². The Morgan fingerprint density at radius 2 is 1.97 bits per heavy atom. The van der Waals surface area contributed by atoms with Gasteiger partial charge in [-0.15, -0.1) is 0 Å². The molecular weight excluding hydrogens is 424 g/mol. The highest BCUT2D eigenvalue weighted by Crippen LogP contribution is 2.37. The molecule has 0 saturated carbocycles. The lowest BCUT2D eigenvalue weighted by Gasteiger charge is -2.28. The maximum absolute atomic E-state index is 13.1. The van der Waals surface area contributed by atoms with Gasteiger partial charge in [-0.05, 0) is 60.7 Å². The second-order valence-corrected chi connectivity index (χ2v) is 8.52. The van der Waals surface area contributed by atoms with Crippen molar-refractivity contribution in [1.82, 2.24) is 9.88 Å². The summed E-state index contributed by atoms with van der Waals surface area (Å²) in [6, 6.07) is 13.1. The molecule has 1 aliphatic heterocycles. The molecule has 0 atom stereocenters. The van der Waals surface area contributed by atoms with Crippen LogP contribution < -0.4 is 11.1 Å². The number of amides is 1. The number of pyridine rings is 1. The summed E-state index contributed by atoms with van der Waals surface area (Å²) in [6.45, 7) is 6.18. The summed E-state index contributed by atoms with van der Waals surface area (Å²) in [7, 11) is 0. The van der Waals surface area contributed by atoms with Crippen LogP contribution in [0.2, 0.25) is 5.02 Å². The van der Waals surface area contributed by atoms with Crippen LogP contribution in [0.1, 0.15) is 32.9 Å². The Kier molecular flexibility index (Phi) is 6.46. The van der Waals surface area contributed by atoms with Gasteiger partial charge in [0.05, 0.1) is 23.0 Å². The lowest BCUT2D eigenvalue weighted by molar-refractivity contribution is 0.102. The molecule has 0 bridgehead atoms. The van der Waals surface area contributed by atoms with Gasteiger partial charge in [-0.3, -0.25) is 9.69 Å². The number of nitrogens with one attached hydrogen (secondary N) is 1. The number of nitrogen functional groups attached to an aromatic ring is 1. The minimum atomic E-state index is -0.307. The Morgan fingerprint density at radius 1 is 1.22 bits per heavy atom. The van der Waals surface area contributed by atoms with E-state index in [-0.39, 0.29) is 12.5 Å². The molecule has 0 spiro atoms.